The summed E-state index contributed by atoms with van der Waals surface area (Å²) in [5, 5.41) is 12.1. The van der Waals surface area contributed by atoms with Crippen molar-refractivity contribution in [1.82, 2.24) is 4.98 Å². The maximum atomic E-state index is 13.8. The third-order valence-electron chi connectivity index (χ3n) is 7.52. The number of aliphatic hydroxyl groups excluding tert-OH is 1. The fourth-order valence-corrected chi connectivity index (χ4v) is 6.94. The average Bonchev–Trinajstić information content (AvgIpc) is 3.62. The SMILES string of the molecule is CCOc1ccc([C@@H]2C(=C(O)c3ccc4c(c3)C[C@H](C)O4)C(=O)C(=O)N2c2nc3c(C)cc(C)cc3s2)cc1OCC. The van der Waals surface area contributed by atoms with Gasteiger partial charge < -0.3 is 19.3 Å². The maximum absolute atomic E-state index is 13.8. The Balaban J connectivity index is 1.56. The van der Waals surface area contributed by atoms with Gasteiger partial charge in [-0.2, -0.15) is 0 Å². The molecule has 0 aliphatic carbocycles. The van der Waals surface area contributed by atoms with Crippen LogP contribution in [0.25, 0.3) is 16.0 Å². The predicted molar refractivity (Wildman–Crippen MR) is 163 cm³/mol. The van der Waals surface area contributed by atoms with Gasteiger partial charge >= 0.3 is 5.91 Å². The summed E-state index contributed by atoms with van der Waals surface area (Å²) in [6.45, 7) is 10.6. The van der Waals surface area contributed by atoms with Gasteiger partial charge in [-0.3, -0.25) is 14.5 Å². The fraction of sp³-hybridized carbons (Fsp3) is 0.303. The highest BCUT2D eigenvalue weighted by Gasteiger charge is 2.48. The second-order valence-corrected chi connectivity index (χ2v) is 11.6. The van der Waals surface area contributed by atoms with Crippen molar-refractivity contribution in [3.63, 3.8) is 0 Å². The summed E-state index contributed by atoms with van der Waals surface area (Å²) >= 11 is 1.34. The number of carbonyl (C=O) groups is 2. The number of fused-ring (bicyclic) bond motifs is 2. The minimum atomic E-state index is -0.940. The zero-order valence-corrected chi connectivity index (χ0v) is 25.0. The molecule has 0 unspecified atom stereocenters. The van der Waals surface area contributed by atoms with Crippen LogP contribution >= 0.6 is 11.3 Å². The van der Waals surface area contributed by atoms with E-state index in [0.29, 0.717) is 47.4 Å². The van der Waals surface area contributed by atoms with Gasteiger partial charge in [-0.15, -0.1) is 0 Å². The molecule has 3 heterocycles. The zero-order valence-electron chi connectivity index (χ0n) is 24.2. The van der Waals surface area contributed by atoms with Crippen molar-refractivity contribution in [2.24, 2.45) is 0 Å². The third kappa shape index (κ3) is 4.67. The molecule has 1 N–H and O–H groups in total. The summed E-state index contributed by atoms with van der Waals surface area (Å²) in [6, 6.07) is 13.8. The van der Waals surface area contributed by atoms with Crippen LogP contribution in [-0.2, 0) is 16.0 Å². The molecule has 0 spiro atoms. The Bertz CT molecular complexity index is 1770. The van der Waals surface area contributed by atoms with Crippen LogP contribution in [0.3, 0.4) is 0 Å². The van der Waals surface area contributed by atoms with E-state index in [0.717, 1.165) is 32.7 Å². The Morgan fingerprint density at radius 2 is 1.81 bits per heavy atom. The molecule has 0 bridgehead atoms. The lowest BCUT2D eigenvalue weighted by Crippen LogP contribution is -2.29. The normalized spacial score (nSPS) is 19.3. The number of aromatic nitrogens is 1. The number of thiazole rings is 1. The molecule has 9 heteroatoms. The maximum Gasteiger partial charge on any atom is 0.301 e. The van der Waals surface area contributed by atoms with Gasteiger partial charge in [-0.25, -0.2) is 4.98 Å². The van der Waals surface area contributed by atoms with Gasteiger partial charge in [0.05, 0.1) is 35.0 Å². The van der Waals surface area contributed by atoms with Crippen LogP contribution in [0, 0.1) is 13.8 Å². The molecule has 1 fully saturated rings. The Labute approximate surface area is 248 Å². The van der Waals surface area contributed by atoms with Crippen LogP contribution in [-0.4, -0.2) is 41.1 Å². The molecule has 4 aromatic rings. The second-order valence-electron chi connectivity index (χ2n) is 10.6. The molecule has 216 valence electrons. The fourth-order valence-electron chi connectivity index (χ4n) is 5.77. The highest BCUT2D eigenvalue weighted by molar-refractivity contribution is 7.22. The Hall–Kier alpha value is -4.37. The molecule has 1 amide bonds. The Morgan fingerprint density at radius 3 is 2.57 bits per heavy atom. The minimum absolute atomic E-state index is 0.00863. The molecule has 1 saturated heterocycles. The van der Waals surface area contributed by atoms with Gasteiger partial charge in [0.2, 0.25) is 0 Å². The number of aliphatic hydroxyl groups is 1. The topological polar surface area (TPSA) is 98.2 Å². The largest absolute Gasteiger partial charge is 0.507 e. The summed E-state index contributed by atoms with van der Waals surface area (Å²) in [5.41, 5.74) is 4.80. The molecule has 8 nitrogen and oxygen atoms in total. The monoisotopic (exact) mass is 584 g/mol. The second kappa shape index (κ2) is 10.8. The lowest BCUT2D eigenvalue weighted by Gasteiger charge is -2.24. The first-order chi connectivity index (χ1) is 20.2. The van der Waals surface area contributed by atoms with Crippen molar-refractivity contribution < 1.29 is 28.9 Å². The van der Waals surface area contributed by atoms with Crippen molar-refractivity contribution in [3.05, 3.63) is 81.9 Å². The summed E-state index contributed by atoms with van der Waals surface area (Å²) in [6.07, 6.45) is 0.713. The van der Waals surface area contributed by atoms with E-state index in [4.69, 9.17) is 19.2 Å². The molecule has 0 saturated carbocycles. The van der Waals surface area contributed by atoms with Crippen molar-refractivity contribution in [3.8, 4) is 17.2 Å². The van der Waals surface area contributed by atoms with Gasteiger partial charge in [-0.1, -0.05) is 23.5 Å². The number of benzene rings is 3. The van der Waals surface area contributed by atoms with E-state index in [-0.39, 0.29) is 17.4 Å². The number of rotatable bonds is 7. The number of Topliss-reactive ketones (excluding diaryl/α,β-unsaturated/α-hetero) is 1. The molecule has 1 aromatic heterocycles. The van der Waals surface area contributed by atoms with Crippen LogP contribution in [0.5, 0.6) is 17.2 Å². The van der Waals surface area contributed by atoms with E-state index >= 15 is 0 Å². The third-order valence-corrected chi connectivity index (χ3v) is 8.52. The van der Waals surface area contributed by atoms with Crippen LogP contribution in [0.15, 0.2) is 54.1 Å². The van der Waals surface area contributed by atoms with Crippen LogP contribution in [0.4, 0.5) is 5.13 Å². The number of amides is 1. The molecule has 42 heavy (non-hydrogen) atoms. The highest BCUT2D eigenvalue weighted by atomic mass is 32.1. The van der Waals surface area contributed by atoms with Gasteiger partial charge in [0.15, 0.2) is 16.6 Å². The number of anilines is 1. The molecule has 2 aliphatic heterocycles. The van der Waals surface area contributed by atoms with E-state index in [9.17, 15) is 14.7 Å². The van der Waals surface area contributed by atoms with Crippen molar-refractivity contribution in [2.75, 3.05) is 18.1 Å². The van der Waals surface area contributed by atoms with E-state index in [1.165, 1.54) is 16.2 Å². The lowest BCUT2D eigenvalue weighted by atomic mass is 9.94. The predicted octanol–water partition coefficient (Wildman–Crippen LogP) is 6.66. The zero-order chi connectivity index (χ0) is 29.7. The smallest absolute Gasteiger partial charge is 0.301 e. The Morgan fingerprint density at radius 1 is 1.05 bits per heavy atom. The van der Waals surface area contributed by atoms with E-state index in [1.807, 2.05) is 52.8 Å². The summed E-state index contributed by atoms with van der Waals surface area (Å²) in [4.78, 5) is 33.8. The molecular formula is C33H32N2O6S. The first-order valence-corrected chi connectivity index (χ1v) is 14.9. The number of hydrogen-bond donors (Lipinski definition) is 1. The quantitative estimate of drug-likeness (QED) is 0.147. The van der Waals surface area contributed by atoms with Crippen LogP contribution < -0.4 is 19.1 Å². The molecular weight excluding hydrogens is 552 g/mol. The number of hydrogen-bond acceptors (Lipinski definition) is 8. The molecule has 2 atom stereocenters. The number of nitrogens with zero attached hydrogens (tertiary/aromatic N) is 2. The van der Waals surface area contributed by atoms with Crippen LogP contribution in [0.1, 0.15) is 54.6 Å². The Kier molecular flexibility index (Phi) is 7.14. The molecule has 2 aliphatic rings. The molecule has 0 radical (unpaired) electrons. The number of ketones is 1. The highest BCUT2D eigenvalue weighted by Crippen LogP contribution is 2.46. The van der Waals surface area contributed by atoms with Gasteiger partial charge in [-0.05, 0) is 93.3 Å². The van der Waals surface area contributed by atoms with Crippen molar-refractivity contribution in [2.45, 2.75) is 53.2 Å². The number of aryl methyl sites for hydroxylation is 2. The van der Waals surface area contributed by atoms with E-state index in [1.54, 1.807) is 30.3 Å². The van der Waals surface area contributed by atoms with Crippen molar-refractivity contribution in [1.29, 1.82) is 0 Å². The first-order valence-electron chi connectivity index (χ1n) is 14.1. The average molecular weight is 585 g/mol. The van der Waals surface area contributed by atoms with E-state index in [2.05, 4.69) is 0 Å². The van der Waals surface area contributed by atoms with Gasteiger partial charge in [0, 0.05) is 12.0 Å². The van der Waals surface area contributed by atoms with Crippen LogP contribution in [0.2, 0.25) is 0 Å². The number of carbonyl (C=O) groups excluding carboxylic acids is 2. The van der Waals surface area contributed by atoms with Crippen molar-refractivity contribution >= 4 is 44.1 Å². The lowest BCUT2D eigenvalue weighted by molar-refractivity contribution is -0.132. The minimum Gasteiger partial charge on any atom is -0.507 e. The van der Waals surface area contributed by atoms with Gasteiger partial charge in [0.1, 0.15) is 17.6 Å². The summed E-state index contributed by atoms with van der Waals surface area (Å²) < 4.78 is 18.4. The summed E-state index contributed by atoms with van der Waals surface area (Å²) in [5.74, 6) is 0.0227. The van der Waals surface area contributed by atoms with E-state index < -0.39 is 17.7 Å². The van der Waals surface area contributed by atoms with Gasteiger partial charge in [0.25, 0.3) is 5.78 Å². The molecule has 3 aromatic carbocycles. The first kappa shape index (κ1) is 27.8. The number of ether oxygens (including phenoxy) is 3. The standard InChI is InChI=1S/C33H32N2O6S/c1-6-39-24-11-8-20(16-25(24)40-7-2)29-27(30(36)21-9-10-23-22(15-21)14-19(5)41-23)31(37)32(38)35(29)33-34-28-18(4)12-17(3)13-26(28)42-33/h8-13,15-16,19,29,36H,6-7,14H2,1-5H3/t19-,29+/m0/s1. The molecule has 6 rings (SSSR count). The summed E-state index contributed by atoms with van der Waals surface area (Å²) in [7, 11) is 0.